The number of nitrogens with one attached hydrogen (secondary N) is 1. The van der Waals surface area contributed by atoms with Crippen LogP contribution in [0.5, 0.6) is 0 Å². The summed E-state index contributed by atoms with van der Waals surface area (Å²) in [5.41, 5.74) is 1.76. The van der Waals surface area contributed by atoms with Crippen LogP contribution in [0.1, 0.15) is 12.2 Å². The van der Waals surface area contributed by atoms with E-state index in [2.05, 4.69) is 10.3 Å². The zero-order chi connectivity index (χ0) is 11.8. The van der Waals surface area contributed by atoms with Gasteiger partial charge in [-0.2, -0.15) is 0 Å². The lowest BCUT2D eigenvalue weighted by molar-refractivity contribution is 0.552. The summed E-state index contributed by atoms with van der Waals surface area (Å²) >= 11 is 0. The fraction of sp³-hybridized carbons (Fsp3) is 0.462. The Morgan fingerprint density at radius 3 is 3.18 bits per heavy atom. The molecule has 4 heteroatoms. The first kappa shape index (κ1) is 10.7. The molecule has 1 fully saturated rings. The van der Waals surface area contributed by atoms with Gasteiger partial charge in [-0.05, 0) is 43.6 Å². The molecule has 17 heavy (non-hydrogen) atoms. The molecule has 0 spiro atoms. The number of aromatic nitrogens is 2. The van der Waals surface area contributed by atoms with Crippen molar-refractivity contribution in [3.8, 4) is 0 Å². The van der Waals surface area contributed by atoms with Crippen molar-refractivity contribution in [2.75, 3.05) is 13.1 Å². The van der Waals surface area contributed by atoms with E-state index in [4.69, 9.17) is 0 Å². The minimum absolute atomic E-state index is 0.199. The van der Waals surface area contributed by atoms with E-state index in [1.807, 2.05) is 11.6 Å². The van der Waals surface area contributed by atoms with Crippen LogP contribution in [-0.4, -0.2) is 22.6 Å². The second-order valence-corrected chi connectivity index (χ2v) is 4.78. The second-order valence-electron chi connectivity index (χ2n) is 4.78. The molecule has 1 aliphatic heterocycles. The van der Waals surface area contributed by atoms with Crippen molar-refractivity contribution in [2.45, 2.75) is 12.8 Å². The lowest BCUT2D eigenvalue weighted by Gasteiger charge is -2.07. The van der Waals surface area contributed by atoms with Crippen LogP contribution < -0.4 is 5.32 Å². The molecule has 0 bridgehead atoms. The van der Waals surface area contributed by atoms with Crippen molar-refractivity contribution < 1.29 is 4.39 Å². The molecule has 1 aliphatic rings. The molecular formula is C13H16FN3. The molecule has 0 saturated carbocycles. The van der Waals surface area contributed by atoms with Gasteiger partial charge in [0.15, 0.2) is 0 Å². The van der Waals surface area contributed by atoms with E-state index in [0.29, 0.717) is 5.92 Å². The van der Waals surface area contributed by atoms with Crippen molar-refractivity contribution >= 4 is 11.0 Å². The number of rotatable bonds is 2. The molecule has 1 unspecified atom stereocenters. The predicted octanol–water partition coefficient (Wildman–Crippen LogP) is 1.86. The molecule has 1 aromatic heterocycles. The van der Waals surface area contributed by atoms with Crippen LogP contribution in [0.4, 0.5) is 4.39 Å². The molecule has 1 saturated heterocycles. The summed E-state index contributed by atoms with van der Waals surface area (Å²) < 4.78 is 15.2. The number of fused-ring (bicyclic) bond motifs is 1. The van der Waals surface area contributed by atoms with E-state index in [9.17, 15) is 4.39 Å². The minimum Gasteiger partial charge on any atom is -0.331 e. The maximum absolute atomic E-state index is 13.2. The van der Waals surface area contributed by atoms with Crippen molar-refractivity contribution in [1.29, 1.82) is 0 Å². The van der Waals surface area contributed by atoms with E-state index in [-0.39, 0.29) is 5.82 Å². The van der Waals surface area contributed by atoms with Crippen LogP contribution >= 0.6 is 0 Å². The molecule has 3 rings (SSSR count). The van der Waals surface area contributed by atoms with Gasteiger partial charge in [-0.3, -0.25) is 0 Å². The summed E-state index contributed by atoms with van der Waals surface area (Å²) in [6, 6.07) is 4.77. The summed E-state index contributed by atoms with van der Waals surface area (Å²) in [5.74, 6) is 1.52. The zero-order valence-corrected chi connectivity index (χ0v) is 9.91. The molecule has 2 aromatic rings. The lowest BCUT2D eigenvalue weighted by Crippen LogP contribution is -2.12. The van der Waals surface area contributed by atoms with Crippen molar-refractivity contribution in [1.82, 2.24) is 14.9 Å². The first-order valence-electron chi connectivity index (χ1n) is 6.05. The molecule has 1 atom stereocenters. The third-order valence-corrected chi connectivity index (χ3v) is 3.57. The number of aryl methyl sites for hydroxylation is 1. The van der Waals surface area contributed by atoms with Crippen molar-refractivity contribution in [3.05, 3.63) is 29.8 Å². The fourth-order valence-corrected chi connectivity index (χ4v) is 2.54. The van der Waals surface area contributed by atoms with Crippen molar-refractivity contribution in [2.24, 2.45) is 13.0 Å². The molecular weight excluding hydrogens is 217 g/mol. The maximum atomic E-state index is 13.2. The van der Waals surface area contributed by atoms with E-state index in [0.717, 1.165) is 36.4 Å². The monoisotopic (exact) mass is 233 g/mol. The lowest BCUT2D eigenvalue weighted by atomic mass is 10.0. The highest BCUT2D eigenvalue weighted by atomic mass is 19.1. The molecule has 3 nitrogen and oxygen atoms in total. The number of nitrogens with zero attached hydrogens (tertiary/aromatic N) is 2. The number of benzene rings is 1. The third kappa shape index (κ3) is 1.93. The summed E-state index contributed by atoms with van der Waals surface area (Å²) in [6.45, 7) is 2.17. The predicted molar refractivity (Wildman–Crippen MR) is 65.4 cm³/mol. The number of halogens is 1. The van der Waals surface area contributed by atoms with Gasteiger partial charge in [0, 0.05) is 13.5 Å². The normalized spacial score (nSPS) is 20.2. The van der Waals surface area contributed by atoms with Gasteiger partial charge in [0.1, 0.15) is 11.6 Å². The number of imidazole rings is 1. The van der Waals surface area contributed by atoms with Gasteiger partial charge in [0.25, 0.3) is 0 Å². The van der Waals surface area contributed by atoms with Crippen LogP contribution in [-0.2, 0) is 13.5 Å². The first-order valence-corrected chi connectivity index (χ1v) is 6.05. The van der Waals surface area contributed by atoms with Crippen LogP contribution in [0, 0.1) is 11.7 Å². The average Bonchev–Trinajstić information content (AvgIpc) is 2.91. The standard InChI is InChI=1S/C13H16FN3/c1-17-12-7-10(14)2-3-11(12)16-13(17)6-9-4-5-15-8-9/h2-3,7,9,15H,4-6,8H2,1H3. The smallest absolute Gasteiger partial charge is 0.125 e. The Labute approximate surface area is 99.7 Å². The number of hydrogen-bond acceptors (Lipinski definition) is 2. The van der Waals surface area contributed by atoms with Gasteiger partial charge >= 0.3 is 0 Å². The SMILES string of the molecule is Cn1c(CC2CCNC2)nc2ccc(F)cc21. The fourth-order valence-electron chi connectivity index (χ4n) is 2.54. The first-order chi connectivity index (χ1) is 8.24. The summed E-state index contributed by atoms with van der Waals surface area (Å²) in [4.78, 5) is 4.59. The van der Waals surface area contributed by atoms with Crippen LogP contribution in [0.2, 0.25) is 0 Å². The van der Waals surface area contributed by atoms with E-state index >= 15 is 0 Å². The van der Waals surface area contributed by atoms with E-state index < -0.39 is 0 Å². The Morgan fingerprint density at radius 2 is 2.41 bits per heavy atom. The molecule has 1 aromatic carbocycles. The summed E-state index contributed by atoms with van der Waals surface area (Å²) in [7, 11) is 1.96. The van der Waals surface area contributed by atoms with Gasteiger partial charge in [-0.25, -0.2) is 9.37 Å². The topological polar surface area (TPSA) is 29.9 Å². The molecule has 0 amide bonds. The van der Waals surface area contributed by atoms with Gasteiger partial charge < -0.3 is 9.88 Å². The second kappa shape index (κ2) is 4.11. The molecule has 2 heterocycles. The van der Waals surface area contributed by atoms with E-state index in [1.54, 1.807) is 12.1 Å². The Kier molecular flexibility index (Phi) is 2.59. The highest BCUT2D eigenvalue weighted by Crippen LogP contribution is 2.20. The third-order valence-electron chi connectivity index (χ3n) is 3.57. The molecule has 90 valence electrons. The largest absolute Gasteiger partial charge is 0.331 e. The Morgan fingerprint density at radius 1 is 1.53 bits per heavy atom. The van der Waals surface area contributed by atoms with Gasteiger partial charge in [-0.1, -0.05) is 0 Å². The summed E-state index contributed by atoms with van der Waals surface area (Å²) in [6.07, 6.45) is 2.18. The van der Waals surface area contributed by atoms with Gasteiger partial charge in [0.05, 0.1) is 11.0 Å². The Hall–Kier alpha value is -1.42. The van der Waals surface area contributed by atoms with Gasteiger partial charge in [-0.15, -0.1) is 0 Å². The summed E-state index contributed by atoms with van der Waals surface area (Å²) in [5, 5.41) is 3.36. The van der Waals surface area contributed by atoms with Crippen LogP contribution in [0.15, 0.2) is 18.2 Å². The Balaban J connectivity index is 1.96. The molecule has 0 aliphatic carbocycles. The highest BCUT2D eigenvalue weighted by molar-refractivity contribution is 5.75. The van der Waals surface area contributed by atoms with Crippen molar-refractivity contribution in [3.63, 3.8) is 0 Å². The maximum Gasteiger partial charge on any atom is 0.125 e. The molecule has 1 N–H and O–H groups in total. The highest BCUT2D eigenvalue weighted by Gasteiger charge is 2.18. The van der Waals surface area contributed by atoms with Crippen LogP contribution in [0.3, 0.4) is 0 Å². The van der Waals surface area contributed by atoms with Gasteiger partial charge in [0.2, 0.25) is 0 Å². The van der Waals surface area contributed by atoms with Crippen LogP contribution in [0.25, 0.3) is 11.0 Å². The zero-order valence-electron chi connectivity index (χ0n) is 9.91. The minimum atomic E-state index is -0.199. The Bertz CT molecular complexity index is 541. The van der Waals surface area contributed by atoms with E-state index in [1.165, 1.54) is 12.5 Å². The quantitative estimate of drug-likeness (QED) is 0.858. The molecule has 0 radical (unpaired) electrons. The average molecular weight is 233 g/mol. The number of hydrogen-bond donors (Lipinski definition) is 1.